The fraction of sp³-hybridized carbons (Fsp3) is 0.909. The lowest BCUT2D eigenvalue weighted by Gasteiger charge is -2.29. The average Bonchev–Trinajstić information content (AvgIpc) is 2.67. The molecular weight excluding hydrogens is 272 g/mol. The maximum Gasteiger partial charge on any atom is 0.183 e. The summed E-state index contributed by atoms with van der Waals surface area (Å²) >= 11 is 5.20. The zero-order valence-electron chi connectivity index (χ0n) is 11.1. The van der Waals surface area contributed by atoms with Crippen LogP contribution < -0.4 is 5.32 Å². The third kappa shape index (κ3) is 3.74. The molecule has 1 fully saturated rings. The average molecular weight is 294 g/mol. The summed E-state index contributed by atoms with van der Waals surface area (Å²) in [6, 6.07) is -0.773. The Morgan fingerprint density at radius 3 is 2.42 bits per heavy atom. The summed E-state index contributed by atoms with van der Waals surface area (Å²) in [4.78, 5) is 1.86. The highest BCUT2D eigenvalue weighted by Gasteiger charge is 2.46. The van der Waals surface area contributed by atoms with Crippen LogP contribution in [0.3, 0.4) is 0 Å². The third-order valence-electron chi connectivity index (χ3n) is 3.22. The van der Waals surface area contributed by atoms with Crippen LogP contribution in [-0.4, -0.2) is 80.8 Å². The fourth-order valence-electron chi connectivity index (χ4n) is 2.04. The van der Waals surface area contributed by atoms with Crippen LogP contribution in [-0.2, 0) is 4.74 Å². The molecule has 8 heteroatoms. The predicted octanol–water partition coefficient (Wildman–Crippen LogP) is -2.00. The molecule has 0 aromatic heterocycles. The summed E-state index contributed by atoms with van der Waals surface area (Å²) in [6.45, 7) is 4.74. The van der Waals surface area contributed by atoms with E-state index >= 15 is 0 Å². The van der Waals surface area contributed by atoms with Crippen LogP contribution in [0.15, 0.2) is 0 Å². The molecule has 0 amide bonds. The number of rotatable bonds is 5. The first kappa shape index (κ1) is 16.5. The van der Waals surface area contributed by atoms with Gasteiger partial charge in [-0.25, -0.2) is 0 Å². The quantitative estimate of drug-likeness (QED) is 0.371. The van der Waals surface area contributed by atoms with Crippen molar-refractivity contribution in [1.29, 1.82) is 0 Å². The van der Waals surface area contributed by atoms with Gasteiger partial charge in [0.05, 0.1) is 12.6 Å². The molecule has 0 unspecified atom stereocenters. The highest BCUT2D eigenvalue weighted by molar-refractivity contribution is 7.80. The Hall–Kier alpha value is -0.510. The summed E-state index contributed by atoms with van der Waals surface area (Å²) in [7, 11) is 0. The molecule has 1 aliphatic heterocycles. The standard InChI is InChI=1S/C11H22N2O5S/c1-3-13(4-2)11(19)12-7-8(16)10(17)18-9(7)6(15)5-14/h6-10,14-17H,3-5H2,1-2H3,(H,12,19)/t6-,7+,8-,9-,10-/m1/s1. The van der Waals surface area contributed by atoms with Gasteiger partial charge in [-0.05, 0) is 26.1 Å². The number of nitrogens with zero attached hydrogens (tertiary/aromatic N) is 1. The Bertz CT molecular complexity index is 303. The van der Waals surface area contributed by atoms with Gasteiger partial charge in [0, 0.05) is 13.1 Å². The maximum absolute atomic E-state index is 9.84. The van der Waals surface area contributed by atoms with Crippen molar-refractivity contribution in [2.45, 2.75) is 44.5 Å². The van der Waals surface area contributed by atoms with E-state index in [1.165, 1.54) is 0 Å². The zero-order chi connectivity index (χ0) is 14.6. The van der Waals surface area contributed by atoms with Crippen LogP contribution >= 0.6 is 12.2 Å². The van der Waals surface area contributed by atoms with E-state index in [-0.39, 0.29) is 0 Å². The number of hydrogen-bond donors (Lipinski definition) is 5. The Labute approximate surface area is 117 Å². The van der Waals surface area contributed by atoms with Gasteiger partial charge in [-0.1, -0.05) is 0 Å². The highest BCUT2D eigenvalue weighted by Crippen LogP contribution is 2.22. The van der Waals surface area contributed by atoms with Crippen molar-refractivity contribution < 1.29 is 25.2 Å². The zero-order valence-corrected chi connectivity index (χ0v) is 11.9. The predicted molar refractivity (Wildman–Crippen MR) is 72.4 cm³/mol. The minimum atomic E-state index is -1.41. The number of nitrogens with one attached hydrogen (secondary N) is 1. The molecule has 0 radical (unpaired) electrons. The topological polar surface area (TPSA) is 105 Å². The van der Waals surface area contributed by atoms with Crippen molar-refractivity contribution >= 4 is 17.3 Å². The first-order valence-electron chi connectivity index (χ1n) is 6.32. The lowest BCUT2D eigenvalue weighted by molar-refractivity contribution is -0.149. The van der Waals surface area contributed by atoms with E-state index in [1.54, 1.807) is 0 Å². The lowest BCUT2D eigenvalue weighted by atomic mass is 10.0. The van der Waals surface area contributed by atoms with Gasteiger partial charge >= 0.3 is 0 Å². The third-order valence-corrected chi connectivity index (χ3v) is 3.59. The SMILES string of the molecule is CCN(CC)C(=S)N[C@H]1[C@@H](O)[C@H](O)O[C@@H]1[C@H](O)CO. The van der Waals surface area contributed by atoms with Crippen LogP contribution in [0.4, 0.5) is 0 Å². The molecule has 1 heterocycles. The van der Waals surface area contributed by atoms with Crippen molar-refractivity contribution in [2.24, 2.45) is 0 Å². The van der Waals surface area contributed by atoms with Crippen LogP contribution in [0.1, 0.15) is 13.8 Å². The number of hydrogen-bond acceptors (Lipinski definition) is 6. The number of aliphatic hydroxyl groups is 4. The van der Waals surface area contributed by atoms with Crippen molar-refractivity contribution in [3.63, 3.8) is 0 Å². The molecule has 7 nitrogen and oxygen atoms in total. The van der Waals surface area contributed by atoms with Gasteiger partial charge in [-0.2, -0.15) is 0 Å². The second-order valence-corrected chi connectivity index (χ2v) is 4.77. The van der Waals surface area contributed by atoms with Crippen molar-refractivity contribution in [3.05, 3.63) is 0 Å². The summed E-state index contributed by atoms with van der Waals surface area (Å²) < 4.78 is 5.04. The van der Waals surface area contributed by atoms with E-state index in [2.05, 4.69) is 5.32 Å². The number of thiocarbonyl (C=S) groups is 1. The molecule has 0 aliphatic carbocycles. The largest absolute Gasteiger partial charge is 0.394 e. The minimum Gasteiger partial charge on any atom is -0.394 e. The normalized spacial score (nSPS) is 32.1. The van der Waals surface area contributed by atoms with E-state index in [0.717, 1.165) is 0 Å². The fourth-order valence-corrected chi connectivity index (χ4v) is 2.44. The summed E-state index contributed by atoms with van der Waals surface area (Å²) in [5, 5.41) is 41.2. The molecule has 112 valence electrons. The van der Waals surface area contributed by atoms with Gasteiger partial charge in [-0.3, -0.25) is 0 Å². The summed E-state index contributed by atoms with van der Waals surface area (Å²) in [6.07, 6.45) is -4.77. The van der Waals surface area contributed by atoms with Crippen molar-refractivity contribution in [2.75, 3.05) is 19.7 Å². The van der Waals surface area contributed by atoms with E-state index in [0.29, 0.717) is 18.2 Å². The molecule has 0 bridgehead atoms. The Kier molecular flexibility index (Phi) is 6.37. The van der Waals surface area contributed by atoms with E-state index in [9.17, 15) is 15.3 Å². The van der Waals surface area contributed by atoms with E-state index < -0.39 is 37.3 Å². The Morgan fingerprint density at radius 2 is 1.95 bits per heavy atom. The molecule has 0 spiro atoms. The first-order valence-corrected chi connectivity index (χ1v) is 6.73. The minimum absolute atomic E-state index is 0.405. The van der Waals surface area contributed by atoms with Gasteiger partial charge in [0.1, 0.15) is 18.3 Å². The van der Waals surface area contributed by atoms with Crippen LogP contribution in [0.25, 0.3) is 0 Å². The van der Waals surface area contributed by atoms with Gasteiger partial charge in [-0.15, -0.1) is 0 Å². The first-order chi connectivity index (χ1) is 8.96. The second kappa shape index (κ2) is 7.32. The van der Waals surface area contributed by atoms with Crippen molar-refractivity contribution in [3.8, 4) is 0 Å². The van der Waals surface area contributed by atoms with Gasteiger partial charge < -0.3 is 35.4 Å². The molecule has 1 saturated heterocycles. The molecule has 0 aromatic carbocycles. The molecular formula is C11H22N2O5S. The van der Waals surface area contributed by atoms with E-state index in [4.69, 9.17) is 22.1 Å². The molecule has 1 aliphatic rings. The maximum atomic E-state index is 9.84. The Balaban J connectivity index is 2.74. The smallest absolute Gasteiger partial charge is 0.183 e. The molecule has 1 rings (SSSR count). The highest BCUT2D eigenvalue weighted by atomic mass is 32.1. The Morgan fingerprint density at radius 1 is 1.37 bits per heavy atom. The molecule has 5 N–H and O–H groups in total. The van der Waals surface area contributed by atoms with Crippen LogP contribution in [0.2, 0.25) is 0 Å². The van der Waals surface area contributed by atoms with Crippen LogP contribution in [0, 0.1) is 0 Å². The number of ether oxygens (including phenoxy) is 1. The van der Waals surface area contributed by atoms with E-state index in [1.807, 2.05) is 18.7 Å². The van der Waals surface area contributed by atoms with Crippen molar-refractivity contribution in [1.82, 2.24) is 10.2 Å². The lowest BCUT2D eigenvalue weighted by Crippen LogP contribution is -2.55. The molecule has 19 heavy (non-hydrogen) atoms. The summed E-state index contributed by atoms with van der Waals surface area (Å²) in [5.74, 6) is 0. The van der Waals surface area contributed by atoms with Gasteiger partial charge in [0.2, 0.25) is 0 Å². The summed E-state index contributed by atoms with van der Waals surface area (Å²) in [5.41, 5.74) is 0. The molecule has 0 saturated carbocycles. The van der Waals surface area contributed by atoms with Gasteiger partial charge in [0.15, 0.2) is 11.4 Å². The number of aliphatic hydroxyl groups excluding tert-OH is 4. The second-order valence-electron chi connectivity index (χ2n) is 4.38. The molecule has 5 atom stereocenters. The van der Waals surface area contributed by atoms with Crippen LogP contribution in [0.5, 0.6) is 0 Å². The molecule has 0 aromatic rings. The van der Waals surface area contributed by atoms with Gasteiger partial charge in [0.25, 0.3) is 0 Å². The monoisotopic (exact) mass is 294 g/mol.